The number of aromatic nitrogens is 1. The molecule has 4 aromatic rings. The second-order valence-electron chi connectivity index (χ2n) is 5.74. The van der Waals surface area contributed by atoms with Gasteiger partial charge < -0.3 is 9.15 Å². The molecule has 3 aromatic carbocycles. The van der Waals surface area contributed by atoms with Gasteiger partial charge in [0.05, 0.1) is 6.61 Å². The highest BCUT2D eigenvalue weighted by molar-refractivity contribution is 5.76. The van der Waals surface area contributed by atoms with E-state index >= 15 is 0 Å². The Morgan fingerprint density at radius 1 is 0.885 bits per heavy atom. The third-order valence-corrected chi connectivity index (χ3v) is 4.08. The summed E-state index contributed by atoms with van der Waals surface area (Å²) in [6.07, 6.45) is 0. The number of fused-ring (bicyclic) bond motifs is 1. The third kappa shape index (κ3) is 2.81. The van der Waals surface area contributed by atoms with Crippen molar-refractivity contribution in [1.29, 1.82) is 0 Å². The predicted molar refractivity (Wildman–Crippen MR) is 96.0 cm³/mol. The molecule has 4 rings (SSSR count). The molecule has 0 atom stereocenters. The minimum absolute atomic E-state index is 0.0863. The van der Waals surface area contributed by atoms with Gasteiger partial charge in [0, 0.05) is 11.1 Å². The Morgan fingerprint density at radius 3 is 2.35 bits per heavy atom. The van der Waals surface area contributed by atoms with Crippen LogP contribution in [0.15, 0.2) is 65.1 Å². The summed E-state index contributed by atoms with van der Waals surface area (Å²) in [4.78, 5) is 4.43. The maximum atomic E-state index is 14.3. The molecule has 0 unspecified atom stereocenters. The lowest BCUT2D eigenvalue weighted by atomic mass is 10.0. The molecule has 0 aliphatic rings. The number of hydrogen-bond acceptors (Lipinski definition) is 3. The van der Waals surface area contributed by atoms with E-state index in [2.05, 4.69) is 4.98 Å². The summed E-state index contributed by atoms with van der Waals surface area (Å²) in [5, 5.41) is 0. The second-order valence-corrected chi connectivity index (χ2v) is 5.74. The number of halogens is 2. The van der Waals surface area contributed by atoms with E-state index in [-0.39, 0.29) is 17.9 Å². The van der Waals surface area contributed by atoms with Gasteiger partial charge in [-0.3, -0.25) is 0 Å². The molecule has 0 aliphatic carbocycles. The van der Waals surface area contributed by atoms with Crippen molar-refractivity contribution < 1.29 is 17.9 Å². The topological polar surface area (TPSA) is 35.3 Å². The Kier molecular flexibility index (Phi) is 4.13. The highest BCUT2D eigenvalue weighted by Gasteiger charge is 2.16. The lowest BCUT2D eigenvalue weighted by molar-refractivity contribution is 0.314. The van der Waals surface area contributed by atoms with Crippen LogP contribution in [0.4, 0.5) is 8.78 Å². The number of ether oxygens (including phenoxy) is 1. The highest BCUT2D eigenvalue weighted by Crippen LogP contribution is 2.31. The molecule has 0 saturated heterocycles. The van der Waals surface area contributed by atoms with Gasteiger partial charge in [0.1, 0.15) is 5.52 Å². The van der Waals surface area contributed by atoms with Crippen LogP contribution in [-0.4, -0.2) is 11.6 Å². The maximum absolute atomic E-state index is 14.3. The second kappa shape index (κ2) is 6.59. The Labute approximate surface area is 148 Å². The maximum Gasteiger partial charge on any atom is 0.227 e. The summed E-state index contributed by atoms with van der Waals surface area (Å²) in [5.74, 6) is -1.51. The van der Waals surface area contributed by atoms with E-state index in [4.69, 9.17) is 9.15 Å². The Hall–Kier alpha value is -3.21. The molecule has 0 amide bonds. The van der Waals surface area contributed by atoms with Crippen molar-refractivity contribution in [1.82, 2.24) is 4.98 Å². The fourth-order valence-electron chi connectivity index (χ4n) is 2.81. The molecule has 130 valence electrons. The molecular weight excluding hydrogens is 336 g/mol. The van der Waals surface area contributed by atoms with E-state index in [1.54, 1.807) is 31.2 Å². The van der Waals surface area contributed by atoms with Gasteiger partial charge in [0.2, 0.25) is 11.7 Å². The zero-order valence-corrected chi connectivity index (χ0v) is 14.0. The average molecular weight is 351 g/mol. The summed E-state index contributed by atoms with van der Waals surface area (Å²) in [6, 6.07) is 17.4. The lowest BCUT2D eigenvalue weighted by Crippen LogP contribution is -1.98. The first-order chi connectivity index (χ1) is 12.7. The van der Waals surface area contributed by atoms with Crippen LogP contribution in [-0.2, 0) is 0 Å². The number of nitrogens with zero attached hydrogens (tertiary/aromatic N) is 1. The molecule has 0 saturated carbocycles. The summed E-state index contributed by atoms with van der Waals surface area (Å²) >= 11 is 0. The summed E-state index contributed by atoms with van der Waals surface area (Å²) in [7, 11) is 0. The third-order valence-electron chi connectivity index (χ3n) is 4.08. The van der Waals surface area contributed by atoms with Gasteiger partial charge >= 0.3 is 0 Å². The molecule has 1 aromatic heterocycles. The van der Waals surface area contributed by atoms with Crippen LogP contribution >= 0.6 is 0 Å². The summed E-state index contributed by atoms with van der Waals surface area (Å²) in [5.41, 5.74) is 2.97. The van der Waals surface area contributed by atoms with Gasteiger partial charge in [-0.25, -0.2) is 9.37 Å². The smallest absolute Gasteiger partial charge is 0.227 e. The molecule has 0 aliphatic heterocycles. The van der Waals surface area contributed by atoms with Crippen molar-refractivity contribution in [3.63, 3.8) is 0 Å². The summed E-state index contributed by atoms with van der Waals surface area (Å²) < 4.78 is 39.2. The lowest BCUT2D eigenvalue weighted by Gasteiger charge is -2.09. The normalized spacial score (nSPS) is 11.0. The van der Waals surface area contributed by atoms with Crippen LogP contribution < -0.4 is 4.74 Å². The van der Waals surface area contributed by atoms with E-state index < -0.39 is 11.6 Å². The molecule has 5 heteroatoms. The van der Waals surface area contributed by atoms with Gasteiger partial charge in [-0.05, 0) is 48.9 Å². The summed E-state index contributed by atoms with van der Waals surface area (Å²) in [6.45, 7) is 1.99. The number of para-hydroxylation sites is 2. The minimum Gasteiger partial charge on any atom is -0.491 e. The van der Waals surface area contributed by atoms with Gasteiger partial charge in [-0.2, -0.15) is 4.39 Å². The molecule has 3 nitrogen and oxygen atoms in total. The van der Waals surface area contributed by atoms with Crippen molar-refractivity contribution in [2.45, 2.75) is 6.92 Å². The predicted octanol–water partition coefficient (Wildman–Crippen LogP) is 5.84. The monoisotopic (exact) mass is 351 g/mol. The van der Waals surface area contributed by atoms with Crippen molar-refractivity contribution in [3.05, 3.63) is 72.3 Å². The zero-order chi connectivity index (χ0) is 18.1. The molecule has 0 bridgehead atoms. The van der Waals surface area contributed by atoms with Crippen LogP contribution in [0.3, 0.4) is 0 Å². The first kappa shape index (κ1) is 16.3. The highest BCUT2D eigenvalue weighted by atomic mass is 19.2. The molecule has 0 fully saturated rings. The van der Waals surface area contributed by atoms with E-state index in [0.717, 1.165) is 11.1 Å². The minimum atomic E-state index is -0.979. The van der Waals surface area contributed by atoms with Crippen LogP contribution in [0, 0.1) is 11.6 Å². The molecule has 26 heavy (non-hydrogen) atoms. The average Bonchev–Trinajstić information content (AvgIpc) is 3.10. The van der Waals surface area contributed by atoms with Crippen LogP contribution in [0.5, 0.6) is 5.75 Å². The van der Waals surface area contributed by atoms with E-state index in [0.29, 0.717) is 17.0 Å². The standard InChI is InChI=1S/C21H15F2NO2/c1-2-25-18-12-11-15(19(22)20(18)23)13-7-9-14(10-8-13)21-24-16-5-3-4-6-17(16)26-21/h3-12H,2H2,1H3. The molecular formula is C21H15F2NO2. The van der Waals surface area contributed by atoms with Crippen molar-refractivity contribution in [2.75, 3.05) is 6.61 Å². The Balaban J connectivity index is 1.69. The quantitative estimate of drug-likeness (QED) is 0.463. The van der Waals surface area contributed by atoms with Gasteiger partial charge in [0.25, 0.3) is 0 Å². The number of rotatable bonds is 4. The Bertz CT molecular complexity index is 1040. The number of benzene rings is 3. The van der Waals surface area contributed by atoms with Crippen LogP contribution in [0.2, 0.25) is 0 Å². The fraction of sp³-hybridized carbons (Fsp3) is 0.0952. The van der Waals surface area contributed by atoms with E-state index in [9.17, 15) is 8.78 Å². The first-order valence-electron chi connectivity index (χ1n) is 8.24. The SMILES string of the molecule is CCOc1ccc(-c2ccc(-c3nc4ccccc4o3)cc2)c(F)c1F. The Morgan fingerprint density at radius 2 is 1.62 bits per heavy atom. The van der Waals surface area contributed by atoms with Crippen molar-refractivity contribution in [3.8, 4) is 28.3 Å². The van der Waals surface area contributed by atoms with E-state index in [1.165, 1.54) is 12.1 Å². The van der Waals surface area contributed by atoms with Gasteiger partial charge in [0.15, 0.2) is 17.1 Å². The zero-order valence-electron chi connectivity index (χ0n) is 14.0. The fourth-order valence-corrected chi connectivity index (χ4v) is 2.81. The van der Waals surface area contributed by atoms with Crippen molar-refractivity contribution in [2.24, 2.45) is 0 Å². The van der Waals surface area contributed by atoms with Crippen LogP contribution in [0.1, 0.15) is 6.92 Å². The van der Waals surface area contributed by atoms with E-state index in [1.807, 2.05) is 24.3 Å². The molecule has 0 spiro atoms. The van der Waals surface area contributed by atoms with Gasteiger partial charge in [-0.1, -0.05) is 24.3 Å². The van der Waals surface area contributed by atoms with Gasteiger partial charge in [-0.15, -0.1) is 0 Å². The van der Waals surface area contributed by atoms with Crippen molar-refractivity contribution >= 4 is 11.1 Å². The molecule has 0 N–H and O–H groups in total. The molecule has 1 heterocycles. The number of oxazole rings is 1. The molecule has 0 radical (unpaired) electrons. The largest absolute Gasteiger partial charge is 0.491 e. The number of hydrogen-bond donors (Lipinski definition) is 0. The first-order valence-corrected chi connectivity index (χ1v) is 8.24. The van der Waals surface area contributed by atoms with Crippen LogP contribution in [0.25, 0.3) is 33.7 Å².